The quantitative estimate of drug-likeness (QED) is 0.659. The number of hydrogen-bond acceptors (Lipinski definition) is 4. The Hall–Kier alpha value is -3.22. The highest BCUT2D eigenvalue weighted by Gasteiger charge is 2.20. The van der Waals surface area contributed by atoms with Crippen molar-refractivity contribution >= 4 is 23.2 Å². The second-order valence-corrected chi connectivity index (χ2v) is 6.28. The van der Waals surface area contributed by atoms with Crippen molar-refractivity contribution in [2.75, 3.05) is 11.9 Å². The Kier molecular flexibility index (Phi) is 4.97. The molecule has 0 spiro atoms. The van der Waals surface area contributed by atoms with Gasteiger partial charge in [0.05, 0.1) is 16.2 Å². The van der Waals surface area contributed by atoms with Crippen molar-refractivity contribution in [2.45, 2.75) is 26.3 Å². The zero-order valence-electron chi connectivity index (χ0n) is 14.4. The number of nitrogens with one attached hydrogen (secondary N) is 1. The molecule has 0 bridgehead atoms. The third-order valence-electron chi connectivity index (χ3n) is 4.48. The van der Waals surface area contributed by atoms with Crippen molar-refractivity contribution in [2.24, 2.45) is 0 Å². The molecule has 2 amide bonds. The van der Waals surface area contributed by atoms with Gasteiger partial charge in [-0.15, -0.1) is 0 Å². The highest BCUT2D eigenvalue weighted by molar-refractivity contribution is 6.05. The summed E-state index contributed by atoms with van der Waals surface area (Å²) in [5, 5.41) is 13.8. The molecule has 0 aromatic heterocycles. The van der Waals surface area contributed by atoms with Gasteiger partial charge in [-0.3, -0.25) is 19.7 Å². The predicted molar refractivity (Wildman–Crippen MR) is 96.9 cm³/mol. The van der Waals surface area contributed by atoms with Crippen molar-refractivity contribution in [3.05, 3.63) is 69.3 Å². The van der Waals surface area contributed by atoms with E-state index >= 15 is 0 Å². The van der Waals surface area contributed by atoms with E-state index in [0.717, 1.165) is 18.5 Å². The molecule has 1 fully saturated rings. The monoisotopic (exact) mass is 353 g/mol. The average Bonchev–Trinajstić information content (AvgIpc) is 3.01. The summed E-state index contributed by atoms with van der Waals surface area (Å²) in [7, 11) is 0. The summed E-state index contributed by atoms with van der Waals surface area (Å²) in [4.78, 5) is 36.6. The first kappa shape index (κ1) is 17.6. The Morgan fingerprint density at radius 2 is 2.04 bits per heavy atom. The van der Waals surface area contributed by atoms with Crippen molar-refractivity contribution in [1.29, 1.82) is 0 Å². The molecule has 134 valence electrons. The molecule has 7 nitrogen and oxygen atoms in total. The highest BCUT2D eigenvalue weighted by Crippen LogP contribution is 2.25. The Morgan fingerprint density at radius 1 is 1.27 bits per heavy atom. The lowest BCUT2D eigenvalue weighted by atomic mass is 10.1. The largest absolute Gasteiger partial charge is 0.338 e. The minimum absolute atomic E-state index is 0.0379. The Labute approximate surface area is 150 Å². The standard InChI is InChI=1S/C19H19N3O4/c1-13-16(7-3-8-17(13)22(25)26)20-19(24)15-6-2-5-14(11-15)12-21-10-4-9-18(21)23/h2-3,5-8,11H,4,9-10,12H2,1H3,(H,20,24). The van der Waals surface area contributed by atoms with Crippen LogP contribution in [-0.4, -0.2) is 28.2 Å². The van der Waals surface area contributed by atoms with E-state index in [4.69, 9.17) is 0 Å². The maximum Gasteiger partial charge on any atom is 0.274 e. The topological polar surface area (TPSA) is 92.6 Å². The first-order chi connectivity index (χ1) is 12.5. The Morgan fingerprint density at radius 3 is 2.73 bits per heavy atom. The molecule has 0 unspecified atom stereocenters. The molecule has 1 saturated heterocycles. The molecule has 2 aromatic carbocycles. The molecule has 1 aliphatic heterocycles. The number of anilines is 1. The smallest absolute Gasteiger partial charge is 0.274 e. The zero-order valence-corrected chi connectivity index (χ0v) is 14.4. The molecule has 3 rings (SSSR count). The van der Waals surface area contributed by atoms with Gasteiger partial charge in [0.2, 0.25) is 5.91 Å². The Balaban J connectivity index is 1.76. The zero-order chi connectivity index (χ0) is 18.7. The molecule has 26 heavy (non-hydrogen) atoms. The first-order valence-electron chi connectivity index (χ1n) is 8.38. The van der Waals surface area contributed by atoms with E-state index in [0.29, 0.717) is 29.8 Å². The van der Waals surface area contributed by atoms with Crippen molar-refractivity contribution in [3.8, 4) is 0 Å². The molecule has 7 heteroatoms. The summed E-state index contributed by atoms with van der Waals surface area (Å²) in [5.74, 6) is -0.213. The average molecular weight is 353 g/mol. The molecule has 0 aliphatic carbocycles. The van der Waals surface area contributed by atoms with Crippen molar-refractivity contribution in [3.63, 3.8) is 0 Å². The van der Waals surface area contributed by atoms with E-state index < -0.39 is 4.92 Å². The fourth-order valence-corrected chi connectivity index (χ4v) is 3.05. The summed E-state index contributed by atoms with van der Waals surface area (Å²) in [6.07, 6.45) is 1.44. The number of carbonyl (C=O) groups is 2. The number of nitro groups is 1. The number of likely N-dealkylation sites (tertiary alicyclic amines) is 1. The van der Waals surface area contributed by atoms with Crippen LogP contribution in [0.25, 0.3) is 0 Å². The van der Waals surface area contributed by atoms with Crippen LogP contribution >= 0.6 is 0 Å². The highest BCUT2D eigenvalue weighted by atomic mass is 16.6. The molecule has 0 atom stereocenters. The third kappa shape index (κ3) is 3.72. The molecule has 1 N–H and O–H groups in total. The molecular formula is C19H19N3O4. The summed E-state index contributed by atoms with van der Waals surface area (Å²) in [6, 6.07) is 11.6. The third-order valence-corrected chi connectivity index (χ3v) is 4.48. The number of hydrogen-bond donors (Lipinski definition) is 1. The van der Waals surface area contributed by atoms with E-state index in [2.05, 4.69) is 5.32 Å². The van der Waals surface area contributed by atoms with Gasteiger partial charge in [0.1, 0.15) is 0 Å². The van der Waals surface area contributed by atoms with Gasteiger partial charge in [0, 0.05) is 31.1 Å². The molecule has 0 radical (unpaired) electrons. The maximum absolute atomic E-state index is 12.5. The van der Waals surface area contributed by atoms with Gasteiger partial charge >= 0.3 is 0 Å². The van der Waals surface area contributed by atoms with Crippen molar-refractivity contribution in [1.82, 2.24) is 4.90 Å². The first-order valence-corrected chi connectivity index (χ1v) is 8.38. The van der Waals surface area contributed by atoms with Gasteiger partial charge in [-0.1, -0.05) is 18.2 Å². The van der Waals surface area contributed by atoms with E-state index in [1.807, 2.05) is 6.07 Å². The maximum atomic E-state index is 12.5. The van der Waals surface area contributed by atoms with E-state index in [1.54, 1.807) is 36.1 Å². The molecule has 1 heterocycles. The minimum Gasteiger partial charge on any atom is -0.338 e. The van der Waals surface area contributed by atoms with Crippen LogP contribution in [0.5, 0.6) is 0 Å². The number of carbonyl (C=O) groups excluding carboxylic acids is 2. The molecular weight excluding hydrogens is 334 g/mol. The molecule has 0 saturated carbocycles. The van der Waals surface area contributed by atoms with E-state index in [9.17, 15) is 19.7 Å². The van der Waals surface area contributed by atoms with Gasteiger partial charge in [-0.25, -0.2) is 0 Å². The summed E-state index contributed by atoms with van der Waals surface area (Å²) < 4.78 is 0. The van der Waals surface area contributed by atoms with Gasteiger partial charge in [0.15, 0.2) is 0 Å². The van der Waals surface area contributed by atoms with Crippen LogP contribution in [0.15, 0.2) is 42.5 Å². The van der Waals surface area contributed by atoms with Crippen LogP contribution in [0.1, 0.15) is 34.3 Å². The van der Waals surface area contributed by atoms with E-state index in [1.165, 1.54) is 12.1 Å². The summed E-state index contributed by atoms with van der Waals surface area (Å²) in [6.45, 7) is 2.82. The summed E-state index contributed by atoms with van der Waals surface area (Å²) in [5.41, 5.74) is 2.10. The van der Waals surface area contributed by atoms with Crippen LogP contribution in [0.4, 0.5) is 11.4 Å². The number of benzene rings is 2. The lowest BCUT2D eigenvalue weighted by molar-refractivity contribution is -0.385. The molecule has 1 aliphatic rings. The van der Waals surface area contributed by atoms with Crippen LogP contribution in [0.2, 0.25) is 0 Å². The number of nitro benzene ring substituents is 1. The molecule has 2 aromatic rings. The lowest BCUT2D eigenvalue weighted by Crippen LogP contribution is -2.24. The van der Waals surface area contributed by atoms with Crippen LogP contribution in [0.3, 0.4) is 0 Å². The minimum atomic E-state index is -0.474. The van der Waals surface area contributed by atoms with Crippen LogP contribution in [0, 0.1) is 17.0 Å². The number of nitrogens with zero attached hydrogens (tertiary/aromatic N) is 2. The lowest BCUT2D eigenvalue weighted by Gasteiger charge is -2.16. The fraction of sp³-hybridized carbons (Fsp3) is 0.263. The summed E-state index contributed by atoms with van der Waals surface area (Å²) >= 11 is 0. The predicted octanol–water partition coefficient (Wildman–Crippen LogP) is 3.28. The van der Waals surface area contributed by atoms with Gasteiger partial charge in [-0.2, -0.15) is 0 Å². The van der Waals surface area contributed by atoms with E-state index in [-0.39, 0.29) is 17.5 Å². The van der Waals surface area contributed by atoms with Crippen LogP contribution < -0.4 is 5.32 Å². The van der Waals surface area contributed by atoms with Gasteiger partial charge in [0.25, 0.3) is 11.6 Å². The normalized spacial score (nSPS) is 13.7. The van der Waals surface area contributed by atoms with Crippen molar-refractivity contribution < 1.29 is 14.5 Å². The van der Waals surface area contributed by atoms with Gasteiger partial charge in [-0.05, 0) is 37.1 Å². The fourth-order valence-electron chi connectivity index (χ4n) is 3.05. The number of amides is 2. The van der Waals surface area contributed by atoms with Gasteiger partial charge < -0.3 is 10.2 Å². The number of rotatable bonds is 5. The Bertz CT molecular complexity index is 879. The second kappa shape index (κ2) is 7.35. The second-order valence-electron chi connectivity index (χ2n) is 6.28. The van der Waals surface area contributed by atoms with Crippen LogP contribution in [-0.2, 0) is 11.3 Å². The SMILES string of the molecule is Cc1c(NC(=O)c2cccc(CN3CCCC3=O)c2)cccc1[N+](=O)[O-].